The molecule has 6 rings (SSSR count). The molecule has 1 N–H and O–H groups in total. The number of nitrogens with one attached hydrogen (secondary N) is 1. The molecule has 0 aliphatic heterocycles. The van der Waals surface area contributed by atoms with E-state index >= 15 is 0 Å². The molecule has 1 aromatic heterocycles. The minimum atomic E-state index is -0.996. The number of rotatable bonds is 8. The van der Waals surface area contributed by atoms with Crippen molar-refractivity contribution in [2.45, 2.75) is 18.6 Å². The number of methoxy groups -OCH3 is 2. The summed E-state index contributed by atoms with van der Waals surface area (Å²) in [6, 6.07) is 28.0. The van der Waals surface area contributed by atoms with E-state index in [4.69, 9.17) is 19.2 Å². The molecule has 0 spiro atoms. The van der Waals surface area contributed by atoms with Crippen LogP contribution in [-0.4, -0.2) is 35.8 Å². The van der Waals surface area contributed by atoms with Crippen LogP contribution in [-0.2, 0) is 11.3 Å². The van der Waals surface area contributed by atoms with Crippen LogP contribution in [0, 0.1) is 0 Å². The van der Waals surface area contributed by atoms with Crippen LogP contribution in [0.15, 0.2) is 91.0 Å². The summed E-state index contributed by atoms with van der Waals surface area (Å²) in [5.74, 6) is 0.105. The minimum Gasteiger partial charge on any atom is -0.494 e. The Balaban J connectivity index is 1.37. The van der Waals surface area contributed by atoms with Gasteiger partial charge in [-0.05, 0) is 41.0 Å². The number of hydrogen-bond acceptors (Lipinski definition) is 6. The van der Waals surface area contributed by atoms with Crippen LogP contribution in [0.25, 0.3) is 11.0 Å². The Morgan fingerprint density at radius 3 is 2.28 bits per heavy atom. The Hall–Kier alpha value is -4.75. The summed E-state index contributed by atoms with van der Waals surface area (Å²) in [6.45, 7) is 0.364. The van der Waals surface area contributed by atoms with Crippen LogP contribution in [0.1, 0.15) is 55.3 Å². The van der Waals surface area contributed by atoms with Gasteiger partial charge >= 0.3 is 0 Å². The third kappa shape index (κ3) is 4.36. The Morgan fingerprint density at radius 2 is 1.56 bits per heavy atom. The molecule has 2 unspecified atom stereocenters. The van der Waals surface area contributed by atoms with Crippen molar-refractivity contribution in [3.63, 3.8) is 0 Å². The lowest BCUT2D eigenvalue weighted by Gasteiger charge is -2.13. The van der Waals surface area contributed by atoms with E-state index < -0.39 is 12.0 Å². The zero-order valence-electron chi connectivity index (χ0n) is 21.5. The number of benzene rings is 4. The second-order valence-corrected chi connectivity index (χ2v) is 9.37. The number of carbonyl (C=O) groups is 2. The van der Waals surface area contributed by atoms with Crippen molar-refractivity contribution in [2.24, 2.45) is 0 Å². The zero-order valence-corrected chi connectivity index (χ0v) is 21.5. The van der Waals surface area contributed by atoms with Gasteiger partial charge < -0.3 is 19.2 Å². The van der Waals surface area contributed by atoms with E-state index in [-0.39, 0.29) is 11.6 Å². The fourth-order valence-electron chi connectivity index (χ4n) is 5.15. The standard InChI is InChI=1S/C32H26N2O5/c1-37-25-16-15-23(27-28(25)34-32(33-27)31(38-2)20-11-7-4-8-12-20)26-29(35)22-14-13-21(17-24(22)30(26)36)39-18-19-9-5-3-6-10-19/h3-17,26,31H,18H2,1-2H3,(H,33,34). The topological polar surface area (TPSA) is 90.5 Å². The van der Waals surface area contributed by atoms with Crippen molar-refractivity contribution in [3.8, 4) is 11.5 Å². The van der Waals surface area contributed by atoms with Crippen LogP contribution in [0.2, 0.25) is 0 Å². The molecule has 194 valence electrons. The third-order valence-electron chi connectivity index (χ3n) is 7.07. The lowest BCUT2D eigenvalue weighted by molar-refractivity contribution is 0.0890. The molecule has 0 bridgehead atoms. The van der Waals surface area contributed by atoms with Gasteiger partial charge in [-0.15, -0.1) is 0 Å². The molecule has 0 fully saturated rings. The fraction of sp³-hybridized carbons (Fsp3) is 0.156. The predicted octanol–water partition coefficient (Wildman–Crippen LogP) is 6.05. The van der Waals surface area contributed by atoms with E-state index in [0.29, 0.717) is 51.7 Å². The van der Waals surface area contributed by atoms with Crippen LogP contribution in [0.4, 0.5) is 0 Å². The molecule has 7 heteroatoms. The quantitative estimate of drug-likeness (QED) is 0.252. The highest BCUT2D eigenvalue weighted by Gasteiger charge is 2.41. The van der Waals surface area contributed by atoms with Gasteiger partial charge in [0.2, 0.25) is 0 Å². The first kappa shape index (κ1) is 24.6. The summed E-state index contributed by atoms with van der Waals surface area (Å²) in [5, 5.41) is 0. The highest BCUT2D eigenvalue weighted by atomic mass is 16.5. The summed E-state index contributed by atoms with van der Waals surface area (Å²) in [6.07, 6.45) is -0.465. The van der Waals surface area contributed by atoms with Gasteiger partial charge in [-0.3, -0.25) is 9.59 Å². The van der Waals surface area contributed by atoms with Gasteiger partial charge in [-0.1, -0.05) is 66.7 Å². The van der Waals surface area contributed by atoms with E-state index in [1.54, 1.807) is 44.6 Å². The van der Waals surface area contributed by atoms with Crippen LogP contribution in [0.3, 0.4) is 0 Å². The van der Waals surface area contributed by atoms with Crippen molar-refractivity contribution in [3.05, 3.63) is 125 Å². The van der Waals surface area contributed by atoms with E-state index in [1.807, 2.05) is 60.7 Å². The van der Waals surface area contributed by atoms with Crippen LogP contribution >= 0.6 is 0 Å². The lowest BCUT2D eigenvalue weighted by Crippen LogP contribution is -2.13. The molecule has 0 amide bonds. The van der Waals surface area contributed by atoms with E-state index in [0.717, 1.165) is 11.1 Å². The van der Waals surface area contributed by atoms with Crippen LogP contribution < -0.4 is 9.47 Å². The lowest BCUT2D eigenvalue weighted by atomic mass is 9.93. The number of ether oxygens (including phenoxy) is 3. The number of aromatic amines is 1. The molecule has 1 aliphatic rings. The molecular formula is C32H26N2O5. The first-order chi connectivity index (χ1) is 19.1. The summed E-state index contributed by atoms with van der Waals surface area (Å²) in [5.41, 5.74) is 4.33. The van der Waals surface area contributed by atoms with Crippen LogP contribution in [0.5, 0.6) is 11.5 Å². The Kier molecular flexibility index (Phi) is 6.42. The molecule has 5 aromatic rings. The number of fused-ring (bicyclic) bond motifs is 2. The van der Waals surface area contributed by atoms with Gasteiger partial charge in [-0.25, -0.2) is 4.98 Å². The zero-order chi connectivity index (χ0) is 26.9. The maximum absolute atomic E-state index is 13.7. The molecule has 0 saturated heterocycles. The van der Waals surface area contributed by atoms with Gasteiger partial charge in [0.25, 0.3) is 0 Å². The van der Waals surface area contributed by atoms with Gasteiger partial charge in [0.15, 0.2) is 11.6 Å². The van der Waals surface area contributed by atoms with Crippen molar-refractivity contribution in [1.82, 2.24) is 9.97 Å². The minimum absolute atomic E-state index is 0.251. The smallest absolute Gasteiger partial charge is 0.179 e. The Morgan fingerprint density at radius 1 is 0.846 bits per heavy atom. The first-order valence-corrected chi connectivity index (χ1v) is 12.6. The summed E-state index contributed by atoms with van der Waals surface area (Å²) >= 11 is 0. The Bertz CT molecular complexity index is 1680. The number of carbonyl (C=O) groups excluding carboxylic acids is 2. The molecular weight excluding hydrogens is 492 g/mol. The number of ketones is 2. The van der Waals surface area contributed by atoms with Crippen molar-refractivity contribution < 1.29 is 23.8 Å². The van der Waals surface area contributed by atoms with E-state index in [2.05, 4.69) is 4.98 Å². The highest BCUT2D eigenvalue weighted by Crippen LogP contribution is 2.40. The third-order valence-corrected chi connectivity index (χ3v) is 7.07. The fourth-order valence-corrected chi connectivity index (χ4v) is 5.15. The molecule has 1 aliphatic carbocycles. The molecule has 4 aromatic carbocycles. The summed E-state index contributed by atoms with van der Waals surface area (Å²) in [4.78, 5) is 35.4. The van der Waals surface area contributed by atoms with Crippen molar-refractivity contribution >= 4 is 22.6 Å². The van der Waals surface area contributed by atoms with Gasteiger partial charge in [0.05, 0.1) is 12.6 Å². The average Bonchev–Trinajstić information content (AvgIpc) is 3.52. The Labute approximate surface area is 225 Å². The predicted molar refractivity (Wildman–Crippen MR) is 147 cm³/mol. The number of hydrogen-bond donors (Lipinski definition) is 1. The monoisotopic (exact) mass is 518 g/mol. The maximum Gasteiger partial charge on any atom is 0.179 e. The molecule has 1 heterocycles. The number of nitrogens with zero attached hydrogens (tertiary/aromatic N) is 1. The highest BCUT2D eigenvalue weighted by molar-refractivity contribution is 6.30. The average molecular weight is 519 g/mol. The second-order valence-electron chi connectivity index (χ2n) is 9.37. The number of H-pyrrole nitrogens is 1. The van der Waals surface area contributed by atoms with Gasteiger partial charge in [0, 0.05) is 18.2 Å². The number of Topliss-reactive ketones (excluding diaryl/α,β-unsaturated/α-hetero) is 2. The van der Waals surface area contributed by atoms with Crippen molar-refractivity contribution in [2.75, 3.05) is 14.2 Å². The number of imidazole rings is 1. The molecule has 7 nitrogen and oxygen atoms in total. The first-order valence-electron chi connectivity index (χ1n) is 12.6. The van der Waals surface area contributed by atoms with Crippen molar-refractivity contribution in [1.29, 1.82) is 0 Å². The summed E-state index contributed by atoms with van der Waals surface area (Å²) < 4.78 is 17.2. The summed E-state index contributed by atoms with van der Waals surface area (Å²) in [7, 11) is 3.17. The second kappa shape index (κ2) is 10.2. The van der Waals surface area contributed by atoms with Gasteiger partial charge in [-0.2, -0.15) is 0 Å². The normalized spacial score (nSPS) is 15.4. The number of aromatic nitrogens is 2. The van der Waals surface area contributed by atoms with Gasteiger partial charge in [0.1, 0.15) is 41.5 Å². The molecule has 0 saturated carbocycles. The molecule has 2 atom stereocenters. The SMILES string of the molecule is COc1ccc(C2C(=O)c3ccc(OCc4ccccc4)cc3C2=O)c2[nH]c(C(OC)c3ccccc3)nc12. The molecule has 0 radical (unpaired) electrons. The van der Waals surface area contributed by atoms with E-state index in [1.165, 1.54) is 0 Å². The maximum atomic E-state index is 13.7. The molecule has 39 heavy (non-hydrogen) atoms. The largest absolute Gasteiger partial charge is 0.494 e. The van der Waals surface area contributed by atoms with E-state index in [9.17, 15) is 9.59 Å².